The van der Waals surface area contributed by atoms with Crippen molar-refractivity contribution in [2.75, 3.05) is 12.8 Å². The zero-order chi connectivity index (χ0) is 21.3. The number of anilines is 1. The molecule has 0 aliphatic heterocycles. The summed E-state index contributed by atoms with van der Waals surface area (Å²) in [6.07, 6.45) is 1.79. The van der Waals surface area contributed by atoms with Gasteiger partial charge in [-0.2, -0.15) is 5.10 Å². The minimum Gasteiger partial charge on any atom is -0.493 e. The van der Waals surface area contributed by atoms with Gasteiger partial charge in [0.2, 0.25) is 5.91 Å². The molecule has 0 heterocycles. The van der Waals surface area contributed by atoms with Crippen LogP contribution in [0.5, 0.6) is 11.5 Å². The van der Waals surface area contributed by atoms with Gasteiger partial charge in [-0.15, -0.1) is 0 Å². The molecule has 0 aliphatic rings. The molecule has 0 unspecified atom stereocenters. The van der Waals surface area contributed by atoms with Crippen molar-refractivity contribution in [2.45, 2.75) is 20.0 Å². The number of hydrazone groups is 1. The van der Waals surface area contributed by atoms with Crippen molar-refractivity contribution >= 4 is 17.8 Å². The molecule has 0 fully saturated rings. The molecule has 1 amide bonds. The quantitative estimate of drug-likeness (QED) is 0.340. The van der Waals surface area contributed by atoms with Crippen LogP contribution in [0.1, 0.15) is 22.3 Å². The standard InChI is InChI=1S/C24H25N3O3/c1-17-3-5-19(6-4-17)16-30-22-12-9-20(13-23(22)29-2)15-26-27-24(28)14-18-7-10-21(25)11-8-18/h3-13,15H,14,16,25H2,1-2H3,(H,27,28)/b26-15-. The number of carbonyl (C=O) groups excluding carboxylic acids is 1. The molecule has 0 saturated carbocycles. The first-order valence-corrected chi connectivity index (χ1v) is 9.56. The first-order valence-electron chi connectivity index (χ1n) is 9.56. The van der Waals surface area contributed by atoms with E-state index < -0.39 is 0 Å². The van der Waals surface area contributed by atoms with E-state index >= 15 is 0 Å². The van der Waals surface area contributed by atoms with Crippen LogP contribution in [0.15, 0.2) is 71.8 Å². The van der Waals surface area contributed by atoms with Gasteiger partial charge in [-0.3, -0.25) is 4.79 Å². The Morgan fingerprint density at radius 3 is 2.40 bits per heavy atom. The fraction of sp³-hybridized carbons (Fsp3) is 0.167. The number of nitrogens with two attached hydrogens (primary N) is 1. The van der Waals surface area contributed by atoms with Crippen LogP contribution < -0.4 is 20.6 Å². The molecule has 0 aliphatic carbocycles. The van der Waals surface area contributed by atoms with Crippen LogP contribution in [0.25, 0.3) is 0 Å². The number of nitrogen functional groups attached to an aromatic ring is 1. The van der Waals surface area contributed by atoms with Crippen LogP contribution in [-0.2, 0) is 17.8 Å². The number of nitrogens with zero attached hydrogens (tertiary/aromatic N) is 1. The van der Waals surface area contributed by atoms with E-state index in [4.69, 9.17) is 15.2 Å². The first kappa shape index (κ1) is 20.9. The molecule has 3 aromatic rings. The topological polar surface area (TPSA) is 85.9 Å². The number of carbonyl (C=O) groups is 1. The molecule has 0 saturated heterocycles. The third-order valence-corrected chi connectivity index (χ3v) is 4.45. The second-order valence-electron chi connectivity index (χ2n) is 6.90. The lowest BCUT2D eigenvalue weighted by atomic mass is 10.1. The first-order chi connectivity index (χ1) is 14.5. The second-order valence-corrected chi connectivity index (χ2v) is 6.90. The Kier molecular flexibility index (Phi) is 7.05. The number of aryl methyl sites for hydroxylation is 1. The Bertz CT molecular complexity index is 1010. The van der Waals surface area contributed by atoms with Crippen LogP contribution in [0.2, 0.25) is 0 Å². The third kappa shape index (κ3) is 6.10. The molecular weight excluding hydrogens is 378 g/mol. The highest BCUT2D eigenvalue weighted by molar-refractivity contribution is 5.84. The maximum Gasteiger partial charge on any atom is 0.244 e. The highest BCUT2D eigenvalue weighted by atomic mass is 16.5. The van der Waals surface area contributed by atoms with Gasteiger partial charge in [0.1, 0.15) is 6.61 Å². The minimum atomic E-state index is -0.207. The summed E-state index contributed by atoms with van der Waals surface area (Å²) < 4.78 is 11.3. The minimum absolute atomic E-state index is 0.207. The zero-order valence-corrected chi connectivity index (χ0v) is 17.1. The van der Waals surface area contributed by atoms with Crippen molar-refractivity contribution in [2.24, 2.45) is 5.10 Å². The van der Waals surface area contributed by atoms with Gasteiger partial charge in [-0.1, -0.05) is 42.0 Å². The molecular formula is C24H25N3O3. The van der Waals surface area contributed by atoms with Crippen LogP contribution in [0.3, 0.4) is 0 Å². The van der Waals surface area contributed by atoms with Gasteiger partial charge in [-0.25, -0.2) is 5.43 Å². The molecule has 0 spiro atoms. The Morgan fingerprint density at radius 1 is 1.00 bits per heavy atom. The Hall–Kier alpha value is -3.80. The summed E-state index contributed by atoms with van der Waals surface area (Å²) in [5.74, 6) is 1.03. The maximum atomic E-state index is 12.0. The highest BCUT2D eigenvalue weighted by Gasteiger charge is 2.06. The van der Waals surface area contributed by atoms with Gasteiger partial charge in [-0.05, 0) is 53.9 Å². The van der Waals surface area contributed by atoms with Gasteiger partial charge in [0.15, 0.2) is 11.5 Å². The summed E-state index contributed by atoms with van der Waals surface area (Å²) in [4.78, 5) is 12.0. The van der Waals surface area contributed by atoms with Crippen LogP contribution >= 0.6 is 0 Å². The lowest BCUT2D eigenvalue weighted by Gasteiger charge is -2.11. The van der Waals surface area contributed by atoms with E-state index in [0.717, 1.165) is 16.7 Å². The van der Waals surface area contributed by atoms with E-state index in [9.17, 15) is 4.79 Å². The molecule has 3 rings (SSSR count). The van der Waals surface area contributed by atoms with Gasteiger partial charge < -0.3 is 15.2 Å². The summed E-state index contributed by atoms with van der Waals surface area (Å²) in [5, 5.41) is 4.02. The smallest absolute Gasteiger partial charge is 0.244 e. The Morgan fingerprint density at radius 2 is 1.70 bits per heavy atom. The van der Waals surface area contributed by atoms with Crippen LogP contribution in [-0.4, -0.2) is 19.2 Å². The molecule has 0 radical (unpaired) electrons. The van der Waals surface area contributed by atoms with Crippen LogP contribution in [0, 0.1) is 6.92 Å². The zero-order valence-electron chi connectivity index (χ0n) is 17.1. The van der Waals surface area contributed by atoms with Gasteiger partial charge in [0, 0.05) is 5.69 Å². The van der Waals surface area contributed by atoms with E-state index in [0.29, 0.717) is 23.8 Å². The number of hydrogen-bond acceptors (Lipinski definition) is 5. The highest BCUT2D eigenvalue weighted by Crippen LogP contribution is 2.28. The average Bonchev–Trinajstić information content (AvgIpc) is 2.75. The molecule has 3 N–H and O–H groups in total. The normalized spacial score (nSPS) is 10.7. The predicted molar refractivity (Wildman–Crippen MR) is 119 cm³/mol. The molecule has 6 heteroatoms. The van der Waals surface area contributed by atoms with E-state index in [1.165, 1.54) is 5.56 Å². The van der Waals surface area contributed by atoms with Crippen molar-refractivity contribution in [3.8, 4) is 11.5 Å². The Balaban J connectivity index is 1.56. The van der Waals surface area contributed by atoms with E-state index in [1.54, 1.807) is 31.5 Å². The van der Waals surface area contributed by atoms with Crippen molar-refractivity contribution in [1.29, 1.82) is 0 Å². The summed E-state index contributed by atoms with van der Waals surface area (Å²) in [6.45, 7) is 2.50. The predicted octanol–water partition coefficient (Wildman–Crippen LogP) is 3.86. The molecule has 0 bridgehead atoms. The van der Waals surface area contributed by atoms with Gasteiger partial charge in [0.25, 0.3) is 0 Å². The SMILES string of the molecule is COc1cc(/C=N\NC(=O)Cc2ccc(N)cc2)ccc1OCc1ccc(C)cc1. The summed E-state index contributed by atoms with van der Waals surface area (Å²) in [5.41, 5.74) is 12.8. The van der Waals surface area contributed by atoms with Crippen molar-refractivity contribution < 1.29 is 14.3 Å². The van der Waals surface area contributed by atoms with Crippen molar-refractivity contribution in [3.63, 3.8) is 0 Å². The molecule has 0 atom stereocenters. The number of nitrogens with one attached hydrogen (secondary N) is 1. The second kappa shape index (κ2) is 10.1. The summed E-state index contributed by atoms with van der Waals surface area (Å²) >= 11 is 0. The largest absolute Gasteiger partial charge is 0.493 e. The fourth-order valence-electron chi connectivity index (χ4n) is 2.77. The fourth-order valence-corrected chi connectivity index (χ4v) is 2.77. The monoisotopic (exact) mass is 403 g/mol. The number of amides is 1. The average molecular weight is 403 g/mol. The number of rotatable bonds is 8. The third-order valence-electron chi connectivity index (χ3n) is 4.45. The number of methoxy groups -OCH3 is 1. The molecule has 6 nitrogen and oxygen atoms in total. The summed E-state index contributed by atoms with van der Waals surface area (Å²) in [7, 11) is 1.59. The van der Waals surface area contributed by atoms with E-state index in [2.05, 4.69) is 22.7 Å². The van der Waals surface area contributed by atoms with Crippen molar-refractivity contribution in [1.82, 2.24) is 5.43 Å². The van der Waals surface area contributed by atoms with E-state index in [1.807, 2.05) is 43.3 Å². The lowest BCUT2D eigenvalue weighted by molar-refractivity contribution is -0.120. The molecule has 3 aromatic carbocycles. The summed E-state index contributed by atoms with van der Waals surface area (Å²) in [6, 6.07) is 20.8. The number of benzene rings is 3. The molecule has 154 valence electrons. The number of hydrogen-bond donors (Lipinski definition) is 2. The van der Waals surface area contributed by atoms with Crippen molar-refractivity contribution in [3.05, 3.63) is 89.0 Å². The molecule has 0 aromatic heterocycles. The maximum absolute atomic E-state index is 12.0. The van der Waals surface area contributed by atoms with Gasteiger partial charge in [0.05, 0.1) is 19.7 Å². The lowest BCUT2D eigenvalue weighted by Crippen LogP contribution is -2.19. The Labute approximate surface area is 176 Å². The van der Waals surface area contributed by atoms with Gasteiger partial charge >= 0.3 is 0 Å². The number of ether oxygens (including phenoxy) is 2. The van der Waals surface area contributed by atoms with E-state index in [-0.39, 0.29) is 12.3 Å². The van der Waals surface area contributed by atoms with Crippen LogP contribution in [0.4, 0.5) is 5.69 Å². The molecule has 30 heavy (non-hydrogen) atoms.